The first-order valence-corrected chi connectivity index (χ1v) is 5.38. The van der Waals surface area contributed by atoms with Crippen LogP contribution in [0.4, 0.5) is 11.5 Å². The third-order valence-electron chi connectivity index (χ3n) is 2.25. The first-order valence-electron chi connectivity index (χ1n) is 5.38. The molecule has 84 valence electrons. The van der Waals surface area contributed by atoms with Crippen molar-refractivity contribution in [3.05, 3.63) is 18.3 Å². The Balaban J connectivity index is 2.77. The fourth-order valence-electron chi connectivity index (χ4n) is 1.45. The molecular formula is C11H20N4. The number of nitrogens with one attached hydrogen (secondary N) is 1. The zero-order valence-electron chi connectivity index (χ0n) is 9.58. The second kappa shape index (κ2) is 5.44. The van der Waals surface area contributed by atoms with Crippen LogP contribution >= 0.6 is 0 Å². The number of rotatable bonds is 6. The summed E-state index contributed by atoms with van der Waals surface area (Å²) in [5, 5.41) is 7.67. The summed E-state index contributed by atoms with van der Waals surface area (Å²) in [5.41, 5.74) is 7.59. The van der Waals surface area contributed by atoms with E-state index < -0.39 is 0 Å². The van der Waals surface area contributed by atoms with Gasteiger partial charge in [0.15, 0.2) is 0 Å². The van der Waals surface area contributed by atoms with E-state index in [1.807, 2.05) is 17.7 Å². The predicted octanol–water partition coefficient (Wildman–Crippen LogP) is 2.17. The van der Waals surface area contributed by atoms with E-state index in [-0.39, 0.29) is 0 Å². The van der Waals surface area contributed by atoms with Crippen molar-refractivity contribution in [2.75, 3.05) is 17.6 Å². The van der Waals surface area contributed by atoms with Gasteiger partial charge < -0.3 is 11.1 Å². The van der Waals surface area contributed by atoms with E-state index in [0.717, 1.165) is 43.1 Å². The Labute approximate surface area is 91.2 Å². The molecule has 1 heterocycles. The lowest BCUT2D eigenvalue weighted by Gasteiger charge is -2.08. The molecule has 0 aromatic carbocycles. The van der Waals surface area contributed by atoms with Crippen molar-refractivity contribution < 1.29 is 0 Å². The highest BCUT2D eigenvalue weighted by molar-refractivity contribution is 5.64. The molecule has 0 amide bonds. The van der Waals surface area contributed by atoms with Gasteiger partial charge in [0.25, 0.3) is 0 Å². The zero-order chi connectivity index (χ0) is 11.3. The maximum Gasteiger partial charge on any atom is 0.148 e. The molecule has 0 aliphatic rings. The van der Waals surface area contributed by atoms with Crippen LogP contribution in [0.25, 0.3) is 0 Å². The van der Waals surface area contributed by atoms with Gasteiger partial charge in [-0.25, -0.2) is 4.68 Å². The van der Waals surface area contributed by atoms with Gasteiger partial charge in [0.05, 0.1) is 11.4 Å². The Morgan fingerprint density at radius 1 is 1.60 bits per heavy atom. The Morgan fingerprint density at radius 2 is 2.33 bits per heavy atom. The van der Waals surface area contributed by atoms with Gasteiger partial charge in [-0.05, 0) is 19.8 Å². The van der Waals surface area contributed by atoms with Crippen LogP contribution in [0.2, 0.25) is 0 Å². The van der Waals surface area contributed by atoms with Crippen molar-refractivity contribution in [2.45, 2.75) is 33.2 Å². The van der Waals surface area contributed by atoms with E-state index in [9.17, 15) is 0 Å². The van der Waals surface area contributed by atoms with Crippen molar-refractivity contribution in [3.63, 3.8) is 0 Å². The number of nitrogen functional groups attached to an aromatic ring is 1. The number of anilines is 2. The van der Waals surface area contributed by atoms with Crippen LogP contribution in [-0.2, 0) is 6.54 Å². The molecule has 0 spiro atoms. The second-order valence-electron chi connectivity index (χ2n) is 3.57. The lowest BCUT2D eigenvalue weighted by Crippen LogP contribution is -2.09. The van der Waals surface area contributed by atoms with E-state index in [1.54, 1.807) is 0 Å². The minimum atomic E-state index is 0.757. The predicted molar refractivity (Wildman–Crippen MR) is 65.0 cm³/mol. The van der Waals surface area contributed by atoms with Gasteiger partial charge in [0, 0.05) is 13.1 Å². The molecule has 15 heavy (non-hydrogen) atoms. The Bertz CT molecular complexity index is 328. The fourth-order valence-corrected chi connectivity index (χ4v) is 1.45. The highest BCUT2D eigenvalue weighted by Crippen LogP contribution is 2.22. The van der Waals surface area contributed by atoms with Gasteiger partial charge in [-0.1, -0.05) is 13.0 Å². The number of nitrogens with zero attached hydrogens (tertiary/aromatic N) is 2. The van der Waals surface area contributed by atoms with E-state index in [0.29, 0.717) is 0 Å². The molecule has 0 saturated carbocycles. The summed E-state index contributed by atoms with van der Waals surface area (Å²) >= 11 is 0. The van der Waals surface area contributed by atoms with E-state index in [2.05, 4.69) is 23.9 Å². The average Bonchev–Trinajstić information content (AvgIpc) is 2.47. The summed E-state index contributed by atoms with van der Waals surface area (Å²) in [6, 6.07) is 0. The number of nitrogens with two attached hydrogens (primary N) is 1. The molecule has 0 unspecified atom stereocenters. The standard InChI is InChI=1S/C11H20N4/c1-4-6-7-13-11-10(12)9(3)14-15(11)8-5-2/h4,13H,1,5-8,12H2,2-3H3. The van der Waals surface area contributed by atoms with E-state index in [1.165, 1.54) is 0 Å². The van der Waals surface area contributed by atoms with Gasteiger partial charge in [0.1, 0.15) is 5.82 Å². The molecule has 0 atom stereocenters. The van der Waals surface area contributed by atoms with Gasteiger partial charge in [-0.15, -0.1) is 6.58 Å². The summed E-state index contributed by atoms with van der Waals surface area (Å²) in [5.74, 6) is 0.941. The molecule has 1 aromatic rings. The molecule has 0 radical (unpaired) electrons. The highest BCUT2D eigenvalue weighted by Gasteiger charge is 2.10. The number of aromatic nitrogens is 2. The molecule has 0 fully saturated rings. The topological polar surface area (TPSA) is 55.9 Å². The van der Waals surface area contributed by atoms with Crippen LogP contribution in [0.1, 0.15) is 25.5 Å². The smallest absolute Gasteiger partial charge is 0.148 e. The van der Waals surface area contributed by atoms with Crippen LogP contribution < -0.4 is 11.1 Å². The minimum absolute atomic E-state index is 0.757. The van der Waals surface area contributed by atoms with Gasteiger partial charge in [-0.3, -0.25) is 0 Å². The maximum absolute atomic E-state index is 5.94. The fraction of sp³-hybridized carbons (Fsp3) is 0.545. The molecule has 4 heteroatoms. The van der Waals surface area contributed by atoms with Crippen molar-refractivity contribution in [1.82, 2.24) is 9.78 Å². The molecule has 0 aliphatic heterocycles. The third-order valence-corrected chi connectivity index (χ3v) is 2.25. The van der Waals surface area contributed by atoms with Crippen LogP contribution in [0.15, 0.2) is 12.7 Å². The second-order valence-corrected chi connectivity index (χ2v) is 3.57. The lowest BCUT2D eigenvalue weighted by atomic mass is 10.3. The van der Waals surface area contributed by atoms with Gasteiger partial charge >= 0.3 is 0 Å². The number of hydrogen-bond acceptors (Lipinski definition) is 3. The Morgan fingerprint density at radius 3 is 2.93 bits per heavy atom. The van der Waals surface area contributed by atoms with Crippen LogP contribution in [0.5, 0.6) is 0 Å². The molecule has 1 aromatic heterocycles. The van der Waals surface area contributed by atoms with E-state index >= 15 is 0 Å². The molecule has 0 aliphatic carbocycles. The third kappa shape index (κ3) is 2.75. The SMILES string of the molecule is C=CCCNc1c(N)c(C)nn1CCC. The molecule has 0 bridgehead atoms. The molecule has 1 rings (SSSR count). The van der Waals surface area contributed by atoms with Crippen molar-refractivity contribution in [1.29, 1.82) is 0 Å². The average molecular weight is 208 g/mol. The van der Waals surface area contributed by atoms with Crippen LogP contribution in [0.3, 0.4) is 0 Å². The lowest BCUT2D eigenvalue weighted by molar-refractivity contribution is 0.603. The Kier molecular flexibility index (Phi) is 4.21. The zero-order valence-corrected chi connectivity index (χ0v) is 9.58. The molecule has 4 nitrogen and oxygen atoms in total. The number of aryl methyl sites for hydroxylation is 2. The van der Waals surface area contributed by atoms with Crippen LogP contribution in [0, 0.1) is 6.92 Å². The van der Waals surface area contributed by atoms with Crippen molar-refractivity contribution in [2.24, 2.45) is 0 Å². The molecular weight excluding hydrogens is 188 g/mol. The quantitative estimate of drug-likeness (QED) is 0.556. The summed E-state index contributed by atoms with van der Waals surface area (Å²) < 4.78 is 1.94. The van der Waals surface area contributed by atoms with Crippen LogP contribution in [-0.4, -0.2) is 16.3 Å². The minimum Gasteiger partial charge on any atom is -0.394 e. The molecule has 3 N–H and O–H groups in total. The van der Waals surface area contributed by atoms with Gasteiger partial charge in [0.2, 0.25) is 0 Å². The summed E-state index contributed by atoms with van der Waals surface area (Å²) in [6.45, 7) is 9.49. The first-order chi connectivity index (χ1) is 7.20. The number of hydrogen-bond donors (Lipinski definition) is 2. The highest BCUT2D eigenvalue weighted by atomic mass is 15.3. The van der Waals surface area contributed by atoms with Crippen molar-refractivity contribution >= 4 is 11.5 Å². The summed E-state index contributed by atoms with van der Waals surface area (Å²) in [7, 11) is 0. The largest absolute Gasteiger partial charge is 0.394 e. The summed E-state index contributed by atoms with van der Waals surface area (Å²) in [4.78, 5) is 0. The maximum atomic E-state index is 5.94. The van der Waals surface area contributed by atoms with Gasteiger partial charge in [-0.2, -0.15) is 5.10 Å². The first kappa shape index (κ1) is 11.6. The van der Waals surface area contributed by atoms with Crippen molar-refractivity contribution in [3.8, 4) is 0 Å². The van der Waals surface area contributed by atoms with E-state index in [4.69, 9.17) is 5.73 Å². The summed E-state index contributed by atoms with van der Waals surface area (Å²) in [6.07, 6.45) is 3.86. The Hall–Kier alpha value is -1.45. The normalized spacial score (nSPS) is 10.3. The monoisotopic (exact) mass is 208 g/mol. The molecule has 0 saturated heterocycles.